The lowest BCUT2D eigenvalue weighted by molar-refractivity contribution is -0.288. The van der Waals surface area contributed by atoms with Gasteiger partial charge in [0.05, 0.1) is 0 Å². The molecular weight excluding hydrogens is 674 g/mol. The third-order valence-electron chi connectivity index (χ3n) is 8.51. The van der Waals surface area contributed by atoms with Crippen LogP contribution in [0.5, 0.6) is 11.5 Å². The number of halogens is 10. The van der Waals surface area contributed by atoms with Crippen LogP contribution < -0.4 is 9.47 Å². The van der Waals surface area contributed by atoms with E-state index in [-0.39, 0.29) is 18.2 Å². The average Bonchev–Trinajstić information content (AvgIpc) is 3.01. The molecule has 0 heterocycles. The fourth-order valence-electron chi connectivity index (χ4n) is 4.83. The van der Waals surface area contributed by atoms with Crippen LogP contribution in [-0.4, -0.2) is 29.7 Å². The Morgan fingerprint density at radius 3 is 1.41 bits per heavy atom. The number of benzene rings is 3. The van der Waals surface area contributed by atoms with Crippen molar-refractivity contribution in [2.45, 2.75) is 89.6 Å². The van der Waals surface area contributed by atoms with Crippen LogP contribution in [-0.2, 0) is 26.8 Å². The Kier molecular flexibility index (Phi) is 10.7. The summed E-state index contributed by atoms with van der Waals surface area (Å²) < 4.78 is 158. The molecule has 0 unspecified atom stereocenters. The first-order valence-corrected chi connectivity index (χ1v) is 14.9. The Morgan fingerprint density at radius 2 is 1.00 bits per heavy atom. The van der Waals surface area contributed by atoms with Gasteiger partial charge in [-0.25, -0.2) is 4.79 Å². The second kappa shape index (κ2) is 13.3. The summed E-state index contributed by atoms with van der Waals surface area (Å²) in [6.07, 6.45) is -11.5. The van der Waals surface area contributed by atoms with Gasteiger partial charge in [0.15, 0.2) is 0 Å². The largest absolute Gasteiger partial charge is 0.488 e. The number of esters is 1. The van der Waals surface area contributed by atoms with Gasteiger partial charge in [-0.1, -0.05) is 70.2 Å². The first-order valence-electron chi connectivity index (χ1n) is 14.9. The molecule has 0 saturated heterocycles. The Hall–Kier alpha value is -4.10. The summed E-state index contributed by atoms with van der Waals surface area (Å²) in [4.78, 5) is 25.0. The van der Waals surface area contributed by atoms with E-state index in [1.165, 1.54) is 20.8 Å². The highest BCUT2D eigenvalue weighted by Gasteiger charge is 2.72. The van der Waals surface area contributed by atoms with Crippen LogP contribution in [0.4, 0.5) is 43.9 Å². The molecule has 0 N–H and O–H groups in total. The van der Waals surface area contributed by atoms with Gasteiger partial charge in [0.2, 0.25) is 11.2 Å². The van der Waals surface area contributed by atoms with Gasteiger partial charge < -0.3 is 9.47 Å². The van der Waals surface area contributed by atoms with E-state index < -0.39 is 80.4 Å². The van der Waals surface area contributed by atoms with Crippen LogP contribution in [0.25, 0.3) is 0 Å². The topological polar surface area (TPSA) is 52.6 Å². The second-order valence-corrected chi connectivity index (χ2v) is 12.7. The third kappa shape index (κ3) is 7.57. The first-order chi connectivity index (χ1) is 22.3. The van der Waals surface area contributed by atoms with Crippen molar-refractivity contribution >= 4 is 11.8 Å². The Morgan fingerprint density at radius 1 is 0.571 bits per heavy atom. The molecule has 3 rings (SSSR count). The molecule has 268 valence electrons. The van der Waals surface area contributed by atoms with Crippen LogP contribution in [0.1, 0.15) is 76.6 Å². The van der Waals surface area contributed by atoms with Crippen LogP contribution in [0.3, 0.4) is 0 Å². The van der Waals surface area contributed by atoms with Crippen LogP contribution in [0, 0.1) is 5.41 Å². The molecule has 3 aromatic rings. The number of ketones is 1. The fraction of sp³-hybridized carbons (Fsp3) is 0.429. The zero-order chi connectivity index (χ0) is 37.4. The van der Waals surface area contributed by atoms with E-state index in [4.69, 9.17) is 4.74 Å². The molecule has 0 aliphatic heterocycles. The lowest BCUT2D eigenvalue weighted by Crippen LogP contribution is -2.54. The molecule has 49 heavy (non-hydrogen) atoms. The van der Waals surface area contributed by atoms with Crippen molar-refractivity contribution in [2.24, 2.45) is 5.41 Å². The molecule has 0 atom stereocenters. The number of Topliss-reactive ketones (excluding diaryl/α,β-unsaturated/α-hetero) is 1. The highest BCUT2D eigenvalue weighted by atomic mass is 19.4. The first kappa shape index (κ1) is 39.3. The average molecular weight is 709 g/mol. The van der Waals surface area contributed by atoms with E-state index in [1.807, 2.05) is 0 Å². The summed E-state index contributed by atoms with van der Waals surface area (Å²) in [5.41, 5.74) is -11.9. The molecule has 0 aliphatic carbocycles. The molecule has 0 spiro atoms. The molecule has 0 radical (unpaired) electrons. The molecule has 0 amide bonds. The van der Waals surface area contributed by atoms with Crippen molar-refractivity contribution in [1.82, 2.24) is 0 Å². The minimum atomic E-state index is -5.97. The summed E-state index contributed by atoms with van der Waals surface area (Å²) in [6, 6.07) is 7.07. The maximum Gasteiger partial charge on any atom is 0.411 e. The van der Waals surface area contributed by atoms with Crippen LogP contribution in [0.15, 0.2) is 72.8 Å². The molecule has 14 heteroatoms. The second-order valence-electron chi connectivity index (χ2n) is 12.7. The van der Waals surface area contributed by atoms with Gasteiger partial charge >= 0.3 is 30.2 Å². The maximum absolute atomic E-state index is 15.2. The Balaban J connectivity index is 1.98. The van der Waals surface area contributed by atoms with Gasteiger partial charge in [0.25, 0.3) is 0 Å². The van der Waals surface area contributed by atoms with Gasteiger partial charge in [-0.3, -0.25) is 4.79 Å². The summed E-state index contributed by atoms with van der Waals surface area (Å²) in [7, 11) is 0. The molecule has 0 bridgehead atoms. The summed E-state index contributed by atoms with van der Waals surface area (Å²) >= 11 is 0. The lowest BCUT2D eigenvalue weighted by atomic mass is 9.73. The summed E-state index contributed by atoms with van der Waals surface area (Å²) in [5.74, 6) is -13.6. The molecule has 0 aliphatic rings. The molecule has 0 saturated carbocycles. The molecule has 3 aromatic carbocycles. The normalized spacial score (nSPS) is 13.6. The number of carbonyl (C=O) groups is 2. The van der Waals surface area contributed by atoms with E-state index in [0.29, 0.717) is 55.0 Å². The van der Waals surface area contributed by atoms with E-state index >= 15 is 8.78 Å². The fourth-order valence-corrected chi connectivity index (χ4v) is 4.83. The number of hydrogen-bond acceptors (Lipinski definition) is 4. The lowest BCUT2D eigenvalue weighted by Gasteiger charge is -2.38. The highest BCUT2D eigenvalue weighted by Crippen LogP contribution is 2.56. The quantitative estimate of drug-likeness (QED) is 0.107. The third-order valence-corrected chi connectivity index (χ3v) is 8.51. The van der Waals surface area contributed by atoms with Gasteiger partial charge in [-0.15, -0.1) is 0 Å². The molecule has 4 nitrogen and oxygen atoms in total. The van der Waals surface area contributed by atoms with Crippen molar-refractivity contribution in [3.63, 3.8) is 0 Å². The van der Waals surface area contributed by atoms with Gasteiger partial charge in [0, 0.05) is 16.5 Å². The minimum absolute atomic E-state index is 0.00816. The number of carbonyl (C=O) groups excluding carboxylic acids is 2. The SMILES string of the molecule is CCC(C)(C)Oc1ccc(C(c2ccc(OC(=O)C(F)(F)c3cccc(C(F)(F)C(=O)C(C)(C)CC)c3)cc2)(C(F)(F)F)C(F)(F)F)cc1. The van der Waals surface area contributed by atoms with E-state index in [1.54, 1.807) is 20.8 Å². The molecular formula is C35H34F10O4. The monoisotopic (exact) mass is 708 g/mol. The number of hydrogen-bond donors (Lipinski definition) is 0. The van der Waals surface area contributed by atoms with Crippen molar-refractivity contribution < 1.29 is 63.0 Å². The predicted octanol–water partition coefficient (Wildman–Crippen LogP) is 10.5. The minimum Gasteiger partial charge on any atom is -0.488 e. The maximum atomic E-state index is 15.2. The number of ether oxygens (including phenoxy) is 2. The van der Waals surface area contributed by atoms with Crippen molar-refractivity contribution in [2.75, 3.05) is 0 Å². The van der Waals surface area contributed by atoms with Gasteiger partial charge in [-0.05, 0) is 68.1 Å². The summed E-state index contributed by atoms with van der Waals surface area (Å²) in [5, 5.41) is 0. The Labute approximate surface area is 276 Å². The van der Waals surface area contributed by atoms with Gasteiger partial charge in [-0.2, -0.15) is 43.9 Å². The van der Waals surface area contributed by atoms with E-state index in [0.717, 1.165) is 18.2 Å². The molecule has 0 aromatic heterocycles. The number of rotatable bonds is 12. The van der Waals surface area contributed by atoms with Crippen molar-refractivity contribution in [3.05, 3.63) is 95.1 Å². The zero-order valence-electron chi connectivity index (χ0n) is 27.3. The standard InChI is InChI=1S/C35H34F10O4/c1-7-29(3,4)27(46)32(36,37)23-10-9-11-24(20-23)33(38,39)28(47)48-25-16-12-21(13-17-25)31(34(40,41)42,35(43,44)45)22-14-18-26(19-15-22)49-30(5,6)8-2/h9-20H,7-8H2,1-6H3. The highest BCUT2D eigenvalue weighted by molar-refractivity contribution is 5.91. The van der Waals surface area contributed by atoms with Crippen molar-refractivity contribution in [3.8, 4) is 11.5 Å². The van der Waals surface area contributed by atoms with Crippen LogP contribution >= 0.6 is 0 Å². The number of alkyl halides is 10. The summed E-state index contributed by atoms with van der Waals surface area (Å²) in [6.45, 7) is 9.10. The zero-order valence-corrected chi connectivity index (χ0v) is 27.3. The van der Waals surface area contributed by atoms with Gasteiger partial charge in [0.1, 0.15) is 17.1 Å². The van der Waals surface area contributed by atoms with Crippen molar-refractivity contribution in [1.29, 1.82) is 0 Å². The smallest absolute Gasteiger partial charge is 0.411 e. The molecule has 0 fully saturated rings. The van der Waals surface area contributed by atoms with Crippen LogP contribution in [0.2, 0.25) is 0 Å². The Bertz CT molecular complexity index is 1620. The van der Waals surface area contributed by atoms with E-state index in [9.17, 15) is 44.7 Å². The predicted molar refractivity (Wildman–Crippen MR) is 160 cm³/mol. The van der Waals surface area contributed by atoms with E-state index in [2.05, 4.69) is 4.74 Å².